The van der Waals surface area contributed by atoms with Gasteiger partial charge in [0.15, 0.2) is 0 Å². The van der Waals surface area contributed by atoms with Crippen LogP contribution in [0, 0.1) is 0 Å². The number of carbonyl (C=O) groups is 2. The van der Waals surface area contributed by atoms with Gasteiger partial charge in [0.1, 0.15) is 5.75 Å². The predicted octanol–water partition coefficient (Wildman–Crippen LogP) is -1.34. The molecule has 0 bridgehead atoms. The number of hydrogen-bond donors (Lipinski definition) is 4. The van der Waals surface area contributed by atoms with Gasteiger partial charge in [-0.25, -0.2) is 4.79 Å². The molecule has 2 aliphatic rings. The van der Waals surface area contributed by atoms with E-state index in [0.717, 1.165) is 39.3 Å². The van der Waals surface area contributed by atoms with Crippen LogP contribution in [0.1, 0.15) is 15.9 Å². The average Bonchev–Trinajstić information content (AvgIpc) is 2.67. The highest BCUT2D eigenvalue weighted by atomic mass is 16.5. The zero-order valence-electron chi connectivity index (χ0n) is 16.1. The molecule has 4 N–H and O–H groups in total. The number of fused-ring (bicyclic) bond motifs is 1. The number of aromatic carboxylic acids is 1. The minimum Gasteiger partial charge on any atom is -0.534 e. The molecule has 0 radical (unpaired) electrons. The van der Waals surface area contributed by atoms with Gasteiger partial charge in [0.05, 0.1) is 18.0 Å². The zero-order valence-corrected chi connectivity index (χ0v) is 16.1. The Kier molecular flexibility index (Phi) is 6.90. The van der Waals surface area contributed by atoms with Crippen molar-refractivity contribution >= 4 is 19.0 Å². The van der Waals surface area contributed by atoms with Gasteiger partial charge in [0.2, 0.25) is 5.91 Å². The van der Waals surface area contributed by atoms with E-state index in [0.29, 0.717) is 12.0 Å². The first-order valence-corrected chi connectivity index (χ1v) is 9.56. The third-order valence-electron chi connectivity index (χ3n) is 5.21. The van der Waals surface area contributed by atoms with Crippen LogP contribution >= 0.6 is 0 Å². The molecule has 1 fully saturated rings. The summed E-state index contributed by atoms with van der Waals surface area (Å²) in [5.41, 5.74) is 0.672. The maximum Gasteiger partial charge on any atom is 0.547 e. The molecule has 0 unspecified atom stereocenters. The summed E-state index contributed by atoms with van der Waals surface area (Å²) in [6.45, 7) is 5.72. The van der Waals surface area contributed by atoms with Gasteiger partial charge in [-0.2, -0.15) is 0 Å². The fraction of sp³-hybridized carbons (Fsp3) is 0.556. The van der Waals surface area contributed by atoms with Crippen LogP contribution in [0.2, 0.25) is 0 Å². The number of para-hydroxylation sites is 1. The maximum absolute atomic E-state index is 12.4. The van der Waals surface area contributed by atoms with Gasteiger partial charge in [-0.05, 0) is 25.1 Å². The van der Waals surface area contributed by atoms with Crippen LogP contribution in [0.4, 0.5) is 0 Å². The smallest absolute Gasteiger partial charge is 0.534 e. The standard InChI is InChI=1S/C18H27BN4O5/c1-20-5-6-22-7-9-23(10-8-22)12-16(24)21-15-11-13-3-2-4-14(18(25)26)17(13)28-19(15)27/h2-4,15,20,27H,5-12H2,1H3,(H,21,24)(H,25,26)/t15-/m0/s1. The van der Waals surface area contributed by atoms with E-state index in [2.05, 4.69) is 20.4 Å². The summed E-state index contributed by atoms with van der Waals surface area (Å²) in [6.07, 6.45) is 0.321. The SMILES string of the molecule is CNCCN1CCN(CC(=O)N[C@H]2Cc3cccc(C(=O)O)c3OB2O)CC1. The summed E-state index contributed by atoms with van der Waals surface area (Å²) >= 11 is 0. The van der Waals surface area contributed by atoms with Crippen molar-refractivity contribution in [3.8, 4) is 5.75 Å². The Morgan fingerprint density at radius 3 is 2.64 bits per heavy atom. The van der Waals surface area contributed by atoms with E-state index in [4.69, 9.17) is 4.65 Å². The van der Waals surface area contributed by atoms with E-state index in [-0.39, 0.29) is 23.8 Å². The van der Waals surface area contributed by atoms with E-state index in [9.17, 15) is 19.7 Å². The molecule has 28 heavy (non-hydrogen) atoms. The van der Waals surface area contributed by atoms with Gasteiger partial charge in [-0.15, -0.1) is 0 Å². The highest BCUT2D eigenvalue weighted by molar-refractivity contribution is 6.47. The van der Waals surface area contributed by atoms with Gasteiger partial charge in [-0.3, -0.25) is 14.6 Å². The lowest BCUT2D eigenvalue weighted by Gasteiger charge is -2.35. The predicted molar refractivity (Wildman–Crippen MR) is 104 cm³/mol. The van der Waals surface area contributed by atoms with Gasteiger partial charge < -0.3 is 25.4 Å². The highest BCUT2D eigenvalue weighted by Crippen LogP contribution is 2.30. The Balaban J connectivity index is 1.51. The zero-order chi connectivity index (χ0) is 20.1. The molecule has 152 valence electrons. The number of benzene rings is 1. The van der Waals surface area contributed by atoms with Crippen LogP contribution in [-0.4, -0.2) is 97.7 Å². The topological polar surface area (TPSA) is 114 Å². The summed E-state index contributed by atoms with van der Waals surface area (Å²) < 4.78 is 5.41. The number of carboxylic acids is 1. The van der Waals surface area contributed by atoms with Gasteiger partial charge >= 0.3 is 13.1 Å². The lowest BCUT2D eigenvalue weighted by atomic mass is 9.72. The van der Waals surface area contributed by atoms with Crippen molar-refractivity contribution in [3.63, 3.8) is 0 Å². The lowest BCUT2D eigenvalue weighted by Crippen LogP contribution is -2.56. The Labute approximate surface area is 164 Å². The molecule has 3 rings (SSSR count). The van der Waals surface area contributed by atoms with E-state index in [1.54, 1.807) is 12.1 Å². The number of hydrogen-bond acceptors (Lipinski definition) is 7. The first-order chi connectivity index (χ1) is 13.5. The van der Waals surface area contributed by atoms with Gasteiger partial charge in [0, 0.05) is 39.3 Å². The van der Waals surface area contributed by atoms with Crippen molar-refractivity contribution in [2.75, 3.05) is 52.9 Å². The lowest BCUT2D eigenvalue weighted by molar-refractivity contribution is -0.123. The fourth-order valence-corrected chi connectivity index (χ4v) is 3.61. The molecule has 0 aromatic heterocycles. The Morgan fingerprint density at radius 1 is 1.25 bits per heavy atom. The molecule has 1 amide bonds. The summed E-state index contributed by atoms with van der Waals surface area (Å²) in [5.74, 6) is -1.72. The molecule has 9 nitrogen and oxygen atoms in total. The number of rotatable bonds is 7. The normalized spacial score (nSPS) is 20.4. The number of likely N-dealkylation sites (N-methyl/N-ethyl adjacent to an activating group) is 1. The highest BCUT2D eigenvalue weighted by Gasteiger charge is 2.37. The average molecular weight is 390 g/mol. The first-order valence-electron chi connectivity index (χ1n) is 9.56. The molecule has 0 aliphatic carbocycles. The van der Waals surface area contributed by atoms with E-state index < -0.39 is 19.0 Å². The largest absolute Gasteiger partial charge is 0.547 e. The number of carboxylic acid groups (broad SMARTS) is 1. The monoisotopic (exact) mass is 390 g/mol. The molecule has 1 atom stereocenters. The van der Waals surface area contributed by atoms with Crippen LogP contribution in [-0.2, 0) is 11.2 Å². The number of nitrogens with zero attached hydrogens (tertiary/aromatic N) is 2. The minimum atomic E-state index is -1.28. The molecular weight excluding hydrogens is 363 g/mol. The molecule has 2 heterocycles. The minimum absolute atomic E-state index is 0.0115. The van der Waals surface area contributed by atoms with Crippen LogP contribution in [0.15, 0.2) is 18.2 Å². The summed E-state index contributed by atoms with van der Waals surface area (Å²) in [5, 5.41) is 25.4. The summed E-state index contributed by atoms with van der Waals surface area (Å²) in [7, 11) is 0.653. The molecule has 0 saturated carbocycles. The number of nitrogens with one attached hydrogen (secondary N) is 2. The molecular formula is C18H27BN4O5. The second-order valence-electron chi connectivity index (χ2n) is 7.21. The molecule has 1 aromatic rings. The van der Waals surface area contributed by atoms with Crippen molar-refractivity contribution in [3.05, 3.63) is 29.3 Å². The van der Waals surface area contributed by atoms with Crippen molar-refractivity contribution in [1.82, 2.24) is 20.4 Å². The van der Waals surface area contributed by atoms with Crippen LogP contribution in [0.5, 0.6) is 5.75 Å². The Morgan fingerprint density at radius 2 is 1.96 bits per heavy atom. The third kappa shape index (κ3) is 5.02. The van der Waals surface area contributed by atoms with Gasteiger partial charge in [-0.1, -0.05) is 12.1 Å². The van der Waals surface area contributed by atoms with E-state index >= 15 is 0 Å². The second-order valence-corrected chi connectivity index (χ2v) is 7.21. The maximum atomic E-state index is 12.4. The molecule has 2 aliphatic heterocycles. The summed E-state index contributed by atoms with van der Waals surface area (Å²) in [4.78, 5) is 28.2. The third-order valence-corrected chi connectivity index (χ3v) is 5.21. The molecule has 0 spiro atoms. The second kappa shape index (κ2) is 9.38. The number of amides is 1. The first kappa shape index (κ1) is 20.6. The quantitative estimate of drug-likeness (QED) is 0.423. The van der Waals surface area contributed by atoms with Crippen molar-refractivity contribution in [1.29, 1.82) is 0 Å². The van der Waals surface area contributed by atoms with Crippen molar-refractivity contribution in [2.24, 2.45) is 0 Å². The molecule has 1 aromatic carbocycles. The Bertz CT molecular complexity index is 711. The number of carbonyl (C=O) groups excluding carboxylic acids is 1. The van der Waals surface area contributed by atoms with Crippen molar-refractivity contribution < 1.29 is 24.4 Å². The van der Waals surface area contributed by atoms with E-state index in [1.165, 1.54) is 6.07 Å². The van der Waals surface area contributed by atoms with Gasteiger partial charge in [0.25, 0.3) is 0 Å². The van der Waals surface area contributed by atoms with Crippen molar-refractivity contribution in [2.45, 2.75) is 12.4 Å². The molecule has 10 heteroatoms. The van der Waals surface area contributed by atoms with Crippen LogP contribution in [0.3, 0.4) is 0 Å². The van der Waals surface area contributed by atoms with Crippen LogP contribution < -0.4 is 15.3 Å². The molecule has 1 saturated heterocycles. The fourth-order valence-electron chi connectivity index (χ4n) is 3.61. The van der Waals surface area contributed by atoms with Crippen LogP contribution in [0.25, 0.3) is 0 Å². The number of piperazine rings is 1. The Hall–Kier alpha value is -2.14. The van der Waals surface area contributed by atoms with E-state index in [1.807, 2.05) is 7.05 Å². The summed E-state index contributed by atoms with van der Waals surface area (Å²) in [6, 6.07) is 4.82.